The lowest BCUT2D eigenvalue weighted by atomic mass is 9.86. The molecule has 1 aliphatic heterocycles. The first-order valence-electron chi connectivity index (χ1n) is 7.12. The Bertz CT molecular complexity index is 452. The van der Waals surface area contributed by atoms with Crippen molar-refractivity contribution in [3.8, 4) is 5.75 Å². The van der Waals surface area contributed by atoms with E-state index in [4.69, 9.17) is 0 Å². The molecule has 2 heteroatoms. The van der Waals surface area contributed by atoms with Crippen LogP contribution in [0.1, 0.15) is 50.3 Å². The summed E-state index contributed by atoms with van der Waals surface area (Å²) in [6.45, 7) is 7.11. The average Bonchev–Trinajstić information content (AvgIpc) is 2.70. The lowest BCUT2D eigenvalue weighted by Crippen LogP contribution is -2.30. The zero-order valence-corrected chi connectivity index (χ0v) is 11.4. The molecule has 0 radical (unpaired) electrons. The molecule has 0 amide bonds. The molecule has 0 spiro atoms. The van der Waals surface area contributed by atoms with Crippen LogP contribution in [0.4, 0.5) is 0 Å². The molecule has 1 aliphatic carbocycles. The van der Waals surface area contributed by atoms with Crippen LogP contribution in [0.25, 0.3) is 0 Å². The quantitative estimate of drug-likeness (QED) is 0.818. The van der Waals surface area contributed by atoms with Gasteiger partial charge in [0.15, 0.2) is 0 Å². The number of phenols is 1. The highest BCUT2D eigenvalue weighted by atomic mass is 16.3. The summed E-state index contributed by atoms with van der Waals surface area (Å²) in [5, 5.41) is 10.0. The third-order valence-electron chi connectivity index (χ3n) is 4.60. The van der Waals surface area contributed by atoms with Crippen molar-refractivity contribution in [2.75, 3.05) is 13.1 Å². The van der Waals surface area contributed by atoms with Crippen LogP contribution in [0.3, 0.4) is 0 Å². The predicted octanol–water partition coefficient (Wildman–Crippen LogP) is 3.50. The van der Waals surface area contributed by atoms with Crippen molar-refractivity contribution in [1.29, 1.82) is 0 Å². The minimum Gasteiger partial charge on any atom is -0.508 e. The molecule has 3 rings (SSSR count). The summed E-state index contributed by atoms with van der Waals surface area (Å²) in [7, 11) is 0. The van der Waals surface area contributed by atoms with Crippen LogP contribution in [0.5, 0.6) is 5.75 Å². The topological polar surface area (TPSA) is 23.5 Å². The van der Waals surface area contributed by atoms with E-state index < -0.39 is 0 Å². The van der Waals surface area contributed by atoms with Gasteiger partial charge in [-0.1, -0.05) is 26.0 Å². The van der Waals surface area contributed by atoms with Crippen LogP contribution in [0.2, 0.25) is 0 Å². The standard InChI is InChI=1S/C16H23NO/c1-16(2)9-10-17(11-16)14-7-3-6-13-12(14)5-4-8-15(13)18/h4-5,8,14,18H,3,6-7,9-11H2,1-2H3. The molecule has 1 aromatic rings. The predicted molar refractivity (Wildman–Crippen MR) is 73.8 cm³/mol. The first-order chi connectivity index (χ1) is 8.57. The highest BCUT2D eigenvalue weighted by Gasteiger charge is 2.35. The summed E-state index contributed by atoms with van der Waals surface area (Å²) >= 11 is 0. The van der Waals surface area contributed by atoms with E-state index in [2.05, 4.69) is 24.8 Å². The van der Waals surface area contributed by atoms with Gasteiger partial charge in [-0.3, -0.25) is 4.90 Å². The van der Waals surface area contributed by atoms with E-state index >= 15 is 0 Å². The van der Waals surface area contributed by atoms with E-state index in [0.717, 1.165) is 6.42 Å². The molecule has 1 atom stereocenters. The monoisotopic (exact) mass is 245 g/mol. The van der Waals surface area contributed by atoms with Gasteiger partial charge in [-0.2, -0.15) is 0 Å². The van der Waals surface area contributed by atoms with Crippen molar-refractivity contribution in [2.45, 2.75) is 45.6 Å². The summed E-state index contributed by atoms with van der Waals surface area (Å²) in [6.07, 6.45) is 4.77. The number of benzene rings is 1. The summed E-state index contributed by atoms with van der Waals surface area (Å²) in [4.78, 5) is 2.62. The Labute approximate surface area is 110 Å². The van der Waals surface area contributed by atoms with Crippen LogP contribution in [0, 0.1) is 5.41 Å². The van der Waals surface area contributed by atoms with E-state index in [9.17, 15) is 5.11 Å². The van der Waals surface area contributed by atoms with Crippen LogP contribution < -0.4 is 0 Å². The van der Waals surface area contributed by atoms with Gasteiger partial charge in [-0.05, 0) is 54.8 Å². The van der Waals surface area contributed by atoms with Gasteiger partial charge in [0.2, 0.25) is 0 Å². The average molecular weight is 245 g/mol. The number of nitrogens with zero attached hydrogens (tertiary/aromatic N) is 1. The highest BCUT2D eigenvalue weighted by molar-refractivity contribution is 5.42. The molecule has 98 valence electrons. The smallest absolute Gasteiger partial charge is 0.119 e. The van der Waals surface area contributed by atoms with Gasteiger partial charge in [0.1, 0.15) is 5.75 Å². The zero-order valence-electron chi connectivity index (χ0n) is 11.4. The number of aromatic hydroxyl groups is 1. The van der Waals surface area contributed by atoms with E-state index in [1.165, 1.54) is 43.5 Å². The lowest BCUT2D eigenvalue weighted by molar-refractivity contribution is 0.198. The first-order valence-corrected chi connectivity index (χ1v) is 7.12. The normalized spacial score (nSPS) is 27.1. The maximum absolute atomic E-state index is 10.0. The van der Waals surface area contributed by atoms with Crippen molar-refractivity contribution < 1.29 is 5.11 Å². The first kappa shape index (κ1) is 12.0. The molecule has 0 bridgehead atoms. The fraction of sp³-hybridized carbons (Fsp3) is 0.625. The highest BCUT2D eigenvalue weighted by Crippen LogP contribution is 2.42. The Hall–Kier alpha value is -1.02. The zero-order chi connectivity index (χ0) is 12.8. The number of phenolic OH excluding ortho intramolecular Hbond substituents is 1. The maximum Gasteiger partial charge on any atom is 0.119 e. The Morgan fingerprint density at radius 2 is 2.17 bits per heavy atom. The molecular formula is C16H23NO. The van der Waals surface area contributed by atoms with E-state index in [1.807, 2.05) is 12.1 Å². The van der Waals surface area contributed by atoms with Gasteiger partial charge in [0.05, 0.1) is 0 Å². The van der Waals surface area contributed by atoms with E-state index in [-0.39, 0.29) is 0 Å². The molecule has 1 aromatic carbocycles. The number of rotatable bonds is 1. The largest absolute Gasteiger partial charge is 0.508 e. The number of fused-ring (bicyclic) bond motifs is 1. The van der Waals surface area contributed by atoms with Crippen molar-refractivity contribution in [3.63, 3.8) is 0 Å². The fourth-order valence-corrected chi connectivity index (χ4v) is 3.60. The van der Waals surface area contributed by atoms with Crippen LogP contribution in [-0.4, -0.2) is 23.1 Å². The molecule has 1 fully saturated rings. The molecular weight excluding hydrogens is 222 g/mol. The maximum atomic E-state index is 10.0. The number of hydrogen-bond donors (Lipinski definition) is 1. The molecule has 1 saturated heterocycles. The minimum atomic E-state index is 0.453. The minimum absolute atomic E-state index is 0.453. The Morgan fingerprint density at radius 1 is 1.33 bits per heavy atom. The van der Waals surface area contributed by atoms with Crippen LogP contribution >= 0.6 is 0 Å². The van der Waals surface area contributed by atoms with Crippen molar-refractivity contribution in [1.82, 2.24) is 4.90 Å². The number of hydrogen-bond acceptors (Lipinski definition) is 2. The molecule has 2 nitrogen and oxygen atoms in total. The molecule has 2 aliphatic rings. The van der Waals surface area contributed by atoms with Crippen molar-refractivity contribution >= 4 is 0 Å². The second-order valence-corrected chi connectivity index (χ2v) is 6.64. The van der Waals surface area contributed by atoms with Crippen LogP contribution in [0.15, 0.2) is 18.2 Å². The SMILES string of the molecule is CC1(C)CCN(C2CCCc3c(O)cccc32)C1. The third-order valence-corrected chi connectivity index (χ3v) is 4.60. The molecule has 0 saturated carbocycles. The van der Waals surface area contributed by atoms with Crippen molar-refractivity contribution in [3.05, 3.63) is 29.3 Å². The summed E-state index contributed by atoms with van der Waals surface area (Å²) in [5.74, 6) is 0.496. The third kappa shape index (κ3) is 2.03. The van der Waals surface area contributed by atoms with Crippen molar-refractivity contribution in [2.24, 2.45) is 5.41 Å². The Morgan fingerprint density at radius 3 is 2.89 bits per heavy atom. The molecule has 18 heavy (non-hydrogen) atoms. The lowest BCUT2D eigenvalue weighted by Gasteiger charge is -2.34. The van der Waals surface area contributed by atoms with Gasteiger partial charge in [0.25, 0.3) is 0 Å². The summed E-state index contributed by atoms with van der Waals surface area (Å²) in [6, 6.07) is 6.56. The van der Waals surface area contributed by atoms with Gasteiger partial charge in [-0.15, -0.1) is 0 Å². The Balaban J connectivity index is 1.90. The summed E-state index contributed by atoms with van der Waals surface area (Å²) < 4.78 is 0. The molecule has 1 heterocycles. The fourth-order valence-electron chi connectivity index (χ4n) is 3.60. The number of likely N-dealkylation sites (tertiary alicyclic amines) is 1. The van der Waals surface area contributed by atoms with E-state index in [1.54, 1.807) is 0 Å². The van der Waals surface area contributed by atoms with Gasteiger partial charge in [0, 0.05) is 12.6 Å². The van der Waals surface area contributed by atoms with E-state index in [0.29, 0.717) is 17.2 Å². The molecule has 1 N–H and O–H groups in total. The summed E-state index contributed by atoms with van der Waals surface area (Å²) in [5.41, 5.74) is 3.02. The van der Waals surface area contributed by atoms with Gasteiger partial charge < -0.3 is 5.11 Å². The van der Waals surface area contributed by atoms with Gasteiger partial charge in [-0.25, -0.2) is 0 Å². The second-order valence-electron chi connectivity index (χ2n) is 6.64. The second kappa shape index (κ2) is 4.27. The Kier molecular flexibility index (Phi) is 2.86. The molecule has 0 aromatic heterocycles. The molecule has 1 unspecified atom stereocenters. The van der Waals surface area contributed by atoms with Crippen LogP contribution in [-0.2, 0) is 6.42 Å². The van der Waals surface area contributed by atoms with Gasteiger partial charge >= 0.3 is 0 Å².